The van der Waals surface area contributed by atoms with Crippen molar-refractivity contribution in [3.05, 3.63) is 69.3 Å². The van der Waals surface area contributed by atoms with Gasteiger partial charge in [-0.2, -0.15) is 0 Å². The number of Topliss-reactive ketones (excluding diaryl/α,β-unsaturated/α-hetero) is 1. The van der Waals surface area contributed by atoms with Crippen molar-refractivity contribution in [2.45, 2.75) is 38.7 Å². The number of benzene rings is 4. The summed E-state index contributed by atoms with van der Waals surface area (Å²) < 4.78 is 11.3. The van der Waals surface area contributed by atoms with Crippen LogP contribution in [0.3, 0.4) is 0 Å². The fraction of sp³-hybridized carbons (Fsp3) is 0.250. The first-order chi connectivity index (χ1) is 19.4. The molecule has 0 fully saturated rings. The number of ketones is 2. The molecule has 0 bridgehead atoms. The first-order valence-electron chi connectivity index (χ1n) is 13.0. The topological polar surface area (TPSA) is 154 Å². The summed E-state index contributed by atoms with van der Waals surface area (Å²) in [7, 11) is 2.77. The molecule has 4 aromatic carbocycles. The average molecular weight is 557 g/mol. The number of hydrogen-bond acceptors (Lipinski definition) is 9. The summed E-state index contributed by atoms with van der Waals surface area (Å²) in [5.41, 5.74) is 1.25. The number of methoxy groups -OCH3 is 2. The largest absolute Gasteiger partial charge is 0.507 e. The lowest BCUT2D eigenvalue weighted by molar-refractivity contribution is 0.0409. The normalized spacial score (nSPS) is 17.7. The van der Waals surface area contributed by atoms with Crippen molar-refractivity contribution in [2.75, 3.05) is 14.2 Å². The Kier molecular flexibility index (Phi) is 5.73. The fourth-order valence-electron chi connectivity index (χ4n) is 6.42. The van der Waals surface area contributed by atoms with Crippen molar-refractivity contribution >= 4 is 22.3 Å². The van der Waals surface area contributed by atoms with Crippen molar-refractivity contribution in [1.82, 2.24) is 0 Å². The van der Waals surface area contributed by atoms with Crippen LogP contribution in [0.4, 0.5) is 0 Å². The van der Waals surface area contributed by atoms with Gasteiger partial charge in [0.1, 0.15) is 34.5 Å². The number of aliphatic hydroxyl groups is 1. The third-order valence-corrected chi connectivity index (χ3v) is 8.03. The van der Waals surface area contributed by atoms with E-state index in [2.05, 4.69) is 0 Å². The lowest BCUT2D eigenvalue weighted by atomic mass is 9.77. The highest BCUT2D eigenvalue weighted by atomic mass is 16.5. The maximum atomic E-state index is 13.7. The predicted molar refractivity (Wildman–Crippen MR) is 150 cm³/mol. The smallest absolute Gasteiger partial charge is 0.201 e. The number of hydrogen-bond donors (Lipinski definition) is 5. The number of fused-ring (bicyclic) bond motifs is 4. The second-order valence-electron chi connectivity index (χ2n) is 11.1. The van der Waals surface area contributed by atoms with Crippen LogP contribution >= 0.6 is 0 Å². The summed E-state index contributed by atoms with van der Waals surface area (Å²) in [5.74, 6) is -2.19. The van der Waals surface area contributed by atoms with E-state index < -0.39 is 28.7 Å². The van der Waals surface area contributed by atoms with E-state index in [1.54, 1.807) is 12.1 Å². The minimum Gasteiger partial charge on any atom is -0.507 e. The Morgan fingerprint density at radius 3 is 2.05 bits per heavy atom. The van der Waals surface area contributed by atoms with Gasteiger partial charge in [0.15, 0.2) is 5.78 Å². The molecule has 0 spiro atoms. The summed E-state index contributed by atoms with van der Waals surface area (Å²) in [6.07, 6.45) is 0.114. The van der Waals surface area contributed by atoms with Crippen LogP contribution in [0.15, 0.2) is 30.3 Å². The molecule has 6 rings (SSSR count). The second kappa shape index (κ2) is 8.87. The van der Waals surface area contributed by atoms with Gasteiger partial charge in [0.05, 0.1) is 47.5 Å². The van der Waals surface area contributed by atoms with Gasteiger partial charge in [-0.15, -0.1) is 0 Å². The quantitative estimate of drug-likeness (QED) is 0.213. The maximum absolute atomic E-state index is 13.7. The molecular formula is C32H28O9. The zero-order chi connectivity index (χ0) is 29.5. The summed E-state index contributed by atoms with van der Waals surface area (Å²) in [4.78, 5) is 26.6. The van der Waals surface area contributed by atoms with Crippen LogP contribution in [0, 0.1) is 6.92 Å². The highest BCUT2D eigenvalue weighted by molar-refractivity contribution is 6.19. The van der Waals surface area contributed by atoms with E-state index in [9.17, 15) is 35.1 Å². The van der Waals surface area contributed by atoms with Crippen molar-refractivity contribution in [2.24, 2.45) is 0 Å². The second-order valence-corrected chi connectivity index (χ2v) is 11.1. The van der Waals surface area contributed by atoms with Gasteiger partial charge in [-0.25, -0.2) is 0 Å². The van der Waals surface area contributed by atoms with Gasteiger partial charge < -0.3 is 35.0 Å². The van der Waals surface area contributed by atoms with E-state index >= 15 is 0 Å². The van der Waals surface area contributed by atoms with Crippen LogP contribution in [0.25, 0.3) is 21.9 Å². The molecular weight excluding hydrogens is 528 g/mol. The van der Waals surface area contributed by atoms with E-state index in [0.29, 0.717) is 16.7 Å². The molecule has 0 aliphatic heterocycles. The third kappa shape index (κ3) is 3.80. The van der Waals surface area contributed by atoms with Gasteiger partial charge >= 0.3 is 0 Å². The predicted octanol–water partition coefficient (Wildman–Crippen LogP) is 4.67. The van der Waals surface area contributed by atoms with Crippen LogP contribution in [0.5, 0.6) is 34.5 Å². The number of aryl methyl sites for hydroxylation is 1. The zero-order valence-corrected chi connectivity index (χ0v) is 22.9. The minimum atomic E-state index is -1.35. The monoisotopic (exact) mass is 556 g/mol. The Hall–Kier alpha value is -4.76. The molecule has 4 aromatic rings. The summed E-state index contributed by atoms with van der Waals surface area (Å²) >= 11 is 0. The average Bonchev–Trinajstić information content (AvgIpc) is 2.86. The van der Waals surface area contributed by atoms with Gasteiger partial charge in [0.25, 0.3) is 0 Å². The Labute approximate surface area is 234 Å². The van der Waals surface area contributed by atoms with E-state index in [-0.39, 0.29) is 80.9 Å². The highest BCUT2D eigenvalue weighted by Crippen LogP contribution is 2.54. The van der Waals surface area contributed by atoms with E-state index in [1.807, 2.05) is 13.0 Å². The van der Waals surface area contributed by atoms with Gasteiger partial charge in [-0.3, -0.25) is 9.59 Å². The molecule has 41 heavy (non-hydrogen) atoms. The standard InChI is InChI=1S/C32H28O9/c1-13-5-14-7-15-9-21(40-3)28(31(38)25(15)29(36)23(14)18(33)6-13)27-17-8-16-11-32(2,39)12-20(35)24(16)30(37)26(17)19(34)10-22(27)41-4/h5-6,8-10,33-34,37-39H,7,11-12H2,1-4H3. The molecule has 0 radical (unpaired) electrons. The minimum absolute atomic E-state index is 0.00891. The summed E-state index contributed by atoms with van der Waals surface area (Å²) in [6, 6.07) is 7.75. The lowest BCUT2D eigenvalue weighted by Gasteiger charge is -2.30. The van der Waals surface area contributed by atoms with Gasteiger partial charge in [0.2, 0.25) is 5.78 Å². The fourth-order valence-corrected chi connectivity index (χ4v) is 6.42. The van der Waals surface area contributed by atoms with Crippen LogP contribution < -0.4 is 9.47 Å². The molecule has 1 atom stereocenters. The van der Waals surface area contributed by atoms with E-state index in [4.69, 9.17) is 9.47 Å². The van der Waals surface area contributed by atoms with Gasteiger partial charge in [0, 0.05) is 29.9 Å². The molecule has 0 heterocycles. The number of rotatable bonds is 3. The SMILES string of the molecule is COc1cc2c(c(O)c1-c1c(OC)cc(O)c3c(O)c4c(cc13)CC(C)(O)CC4=O)C(=O)c1c(O)cc(C)cc1C2. The molecule has 210 valence electrons. The van der Waals surface area contributed by atoms with Crippen LogP contribution in [-0.2, 0) is 12.8 Å². The molecule has 0 aromatic heterocycles. The molecule has 0 amide bonds. The number of phenols is 4. The van der Waals surface area contributed by atoms with Crippen molar-refractivity contribution in [1.29, 1.82) is 0 Å². The lowest BCUT2D eigenvalue weighted by Crippen LogP contribution is -2.35. The first-order valence-corrected chi connectivity index (χ1v) is 13.0. The van der Waals surface area contributed by atoms with Crippen molar-refractivity contribution in [3.63, 3.8) is 0 Å². The van der Waals surface area contributed by atoms with Crippen LogP contribution in [-0.4, -0.2) is 56.9 Å². The van der Waals surface area contributed by atoms with Crippen LogP contribution in [0.2, 0.25) is 0 Å². The summed E-state index contributed by atoms with van der Waals surface area (Å²) in [5, 5.41) is 55.5. The Bertz CT molecular complexity index is 1850. The maximum Gasteiger partial charge on any atom is 0.201 e. The van der Waals surface area contributed by atoms with Gasteiger partial charge in [-0.05, 0) is 60.7 Å². The zero-order valence-electron chi connectivity index (χ0n) is 22.9. The molecule has 2 aliphatic rings. The number of carbonyl (C=O) groups is 2. The molecule has 0 saturated carbocycles. The molecule has 9 nitrogen and oxygen atoms in total. The van der Waals surface area contributed by atoms with Crippen LogP contribution in [0.1, 0.15) is 61.9 Å². The molecule has 5 N–H and O–H groups in total. The van der Waals surface area contributed by atoms with E-state index in [1.165, 1.54) is 33.3 Å². The third-order valence-electron chi connectivity index (χ3n) is 8.03. The first kappa shape index (κ1) is 26.5. The summed E-state index contributed by atoms with van der Waals surface area (Å²) in [6.45, 7) is 3.34. The molecule has 9 heteroatoms. The van der Waals surface area contributed by atoms with Crippen molar-refractivity contribution < 1.29 is 44.6 Å². The van der Waals surface area contributed by atoms with Crippen molar-refractivity contribution in [3.8, 4) is 45.6 Å². The number of aromatic hydroxyl groups is 4. The molecule has 2 aliphatic carbocycles. The molecule has 0 saturated heterocycles. The van der Waals surface area contributed by atoms with E-state index in [0.717, 1.165) is 5.56 Å². The Morgan fingerprint density at radius 2 is 1.37 bits per heavy atom. The Morgan fingerprint density at radius 1 is 0.707 bits per heavy atom. The highest BCUT2D eigenvalue weighted by Gasteiger charge is 2.38. The van der Waals surface area contributed by atoms with Gasteiger partial charge in [-0.1, -0.05) is 6.07 Å². The number of phenolic OH excluding ortho intramolecular Hbond substituents is 4. The molecule has 1 unspecified atom stereocenters. The number of ether oxygens (including phenoxy) is 2. The Balaban J connectivity index is 1.71. The number of carbonyl (C=O) groups excluding carboxylic acids is 2.